The number of carbonyl (C=O) groups is 1. The molecule has 2 unspecified atom stereocenters. The Morgan fingerprint density at radius 3 is 1.34 bits per heavy atom. The number of quaternary nitrogens is 1. The lowest BCUT2D eigenvalue weighted by molar-refractivity contribution is -0.870. The third-order valence-corrected chi connectivity index (χ3v) is 11.3. The first-order valence-corrected chi connectivity index (χ1v) is 27.1. The van der Waals surface area contributed by atoms with E-state index in [4.69, 9.17) is 18.5 Å². The number of phosphoric ester groups is 1. The van der Waals surface area contributed by atoms with Crippen LogP contribution < -0.4 is 4.89 Å². The Kier molecular flexibility index (Phi) is 45.6. The molecule has 0 radical (unpaired) electrons. The van der Waals surface area contributed by atoms with Gasteiger partial charge in [0.2, 0.25) is 0 Å². The maximum atomic E-state index is 12.7. The quantitative estimate of drug-likeness (QED) is 0.0197. The van der Waals surface area contributed by atoms with Crippen LogP contribution in [0.5, 0.6) is 0 Å². The molecule has 0 amide bonds. The number of carbonyl (C=O) groups excluding carboxylic acids is 1. The van der Waals surface area contributed by atoms with E-state index in [0.29, 0.717) is 24.1 Å². The maximum Gasteiger partial charge on any atom is 0.306 e. The van der Waals surface area contributed by atoms with Gasteiger partial charge in [-0.2, -0.15) is 0 Å². The van der Waals surface area contributed by atoms with E-state index in [-0.39, 0.29) is 32.2 Å². The number of phosphoric acid groups is 1. The summed E-state index contributed by atoms with van der Waals surface area (Å²) < 4.78 is 34.7. The summed E-state index contributed by atoms with van der Waals surface area (Å²) >= 11 is 0. The second kappa shape index (κ2) is 47.6. The van der Waals surface area contributed by atoms with E-state index >= 15 is 0 Å². The van der Waals surface area contributed by atoms with Gasteiger partial charge in [-0.15, -0.1) is 0 Å². The Hall–Kier alpha value is -2.84. The van der Waals surface area contributed by atoms with Crippen LogP contribution in [0, 0.1) is 0 Å². The van der Waals surface area contributed by atoms with Crippen molar-refractivity contribution in [1.29, 1.82) is 0 Å². The van der Waals surface area contributed by atoms with Crippen LogP contribution in [0.2, 0.25) is 0 Å². The zero-order chi connectivity index (χ0) is 47.6. The first-order chi connectivity index (χ1) is 31.6. The van der Waals surface area contributed by atoms with Crippen LogP contribution in [-0.2, 0) is 27.9 Å². The van der Waals surface area contributed by atoms with Crippen molar-refractivity contribution in [2.24, 2.45) is 0 Å². The predicted octanol–water partition coefficient (Wildman–Crippen LogP) is 15.3. The van der Waals surface area contributed by atoms with Gasteiger partial charge in [0.25, 0.3) is 7.82 Å². The summed E-state index contributed by atoms with van der Waals surface area (Å²) in [7, 11) is 1.31. The lowest BCUT2D eigenvalue weighted by atomic mass is 10.1. The molecule has 0 spiro atoms. The summed E-state index contributed by atoms with van der Waals surface area (Å²) in [5, 5.41) is 0. The van der Waals surface area contributed by atoms with Gasteiger partial charge in [0.15, 0.2) is 0 Å². The number of likely N-dealkylation sites (N-methyl/N-ethyl adjacent to an activating group) is 1. The molecular weight excluding hydrogens is 830 g/mol. The van der Waals surface area contributed by atoms with Gasteiger partial charge in [0.05, 0.1) is 34.4 Å². The number of hydrogen-bond acceptors (Lipinski definition) is 7. The van der Waals surface area contributed by atoms with Gasteiger partial charge < -0.3 is 27.9 Å². The number of ether oxygens (including phenoxy) is 2. The fourth-order valence-electron chi connectivity index (χ4n) is 6.38. The number of allylic oxidation sites excluding steroid dienone is 18. The van der Waals surface area contributed by atoms with Gasteiger partial charge in [0, 0.05) is 13.0 Å². The second-order valence-electron chi connectivity index (χ2n) is 17.8. The molecule has 0 rings (SSSR count). The molecule has 0 aromatic rings. The van der Waals surface area contributed by atoms with E-state index in [9.17, 15) is 14.3 Å². The molecule has 65 heavy (non-hydrogen) atoms. The van der Waals surface area contributed by atoms with Crippen LogP contribution in [0.25, 0.3) is 0 Å². The van der Waals surface area contributed by atoms with Crippen molar-refractivity contribution in [3.63, 3.8) is 0 Å². The van der Waals surface area contributed by atoms with Gasteiger partial charge in [-0.1, -0.05) is 181 Å². The molecule has 0 aromatic heterocycles. The fraction of sp³-hybridized carbons (Fsp3) is 0.661. The lowest BCUT2D eigenvalue weighted by Gasteiger charge is -2.28. The Bertz CT molecular complexity index is 1400. The molecule has 0 aliphatic carbocycles. The van der Waals surface area contributed by atoms with Crippen LogP contribution in [0.4, 0.5) is 0 Å². The van der Waals surface area contributed by atoms with E-state index < -0.39 is 13.9 Å². The summed E-state index contributed by atoms with van der Waals surface area (Å²) in [6.07, 6.45) is 66.8. The topological polar surface area (TPSA) is 94.1 Å². The molecule has 0 fully saturated rings. The number of rotatable bonds is 46. The Morgan fingerprint density at radius 2 is 0.892 bits per heavy atom. The van der Waals surface area contributed by atoms with Gasteiger partial charge in [-0.3, -0.25) is 9.36 Å². The van der Waals surface area contributed by atoms with E-state index in [1.54, 1.807) is 0 Å². The molecule has 372 valence electrons. The molecule has 0 aliphatic rings. The smallest absolute Gasteiger partial charge is 0.306 e. The van der Waals surface area contributed by atoms with Crippen LogP contribution in [0.3, 0.4) is 0 Å². The standard InChI is InChI=1S/C56H96NO7P/c1-6-8-10-12-14-16-18-20-22-24-26-27-28-29-30-31-32-33-35-37-39-41-43-45-47-49-56(58)64-55(54-63-65(59,60)62-52-50-57(3,4)5)53-61-51-48-46-44-42-40-38-36-34-25-23-21-19-17-15-13-11-9-7-2/h8,10,14-17,20-23,26-27,29-30,32-33,37,39,55H,6-7,9,11-13,18-19,24-25,28,31,34-36,38,40-54H2,1-5H3/b10-8-,16-14-,17-15-,22-20-,23-21-,27-26-,30-29-,33-32-,39-37-. The minimum atomic E-state index is -4.55. The van der Waals surface area contributed by atoms with Crippen molar-refractivity contribution in [3.8, 4) is 0 Å². The molecular formula is C56H96NO7P. The highest BCUT2D eigenvalue weighted by Gasteiger charge is 2.20. The molecule has 0 saturated heterocycles. The highest BCUT2D eigenvalue weighted by atomic mass is 31.2. The van der Waals surface area contributed by atoms with Crippen molar-refractivity contribution >= 4 is 13.8 Å². The second-order valence-corrected chi connectivity index (χ2v) is 19.2. The molecule has 0 N–H and O–H groups in total. The van der Waals surface area contributed by atoms with Crippen LogP contribution in [0.1, 0.15) is 181 Å². The Labute approximate surface area is 400 Å². The summed E-state index contributed by atoms with van der Waals surface area (Å²) in [4.78, 5) is 25.2. The number of nitrogens with zero attached hydrogens (tertiary/aromatic N) is 1. The molecule has 0 heterocycles. The largest absolute Gasteiger partial charge is 0.756 e. The van der Waals surface area contributed by atoms with Gasteiger partial charge in [-0.05, 0) is 103 Å². The number of unbranched alkanes of at least 4 members (excludes halogenated alkanes) is 14. The van der Waals surface area contributed by atoms with E-state index in [1.807, 2.05) is 21.1 Å². The van der Waals surface area contributed by atoms with E-state index in [1.165, 1.54) is 70.6 Å². The zero-order valence-corrected chi connectivity index (χ0v) is 43.0. The zero-order valence-electron chi connectivity index (χ0n) is 42.1. The van der Waals surface area contributed by atoms with Gasteiger partial charge >= 0.3 is 5.97 Å². The average molecular weight is 926 g/mol. The van der Waals surface area contributed by atoms with Crippen LogP contribution >= 0.6 is 7.82 Å². The van der Waals surface area contributed by atoms with Crippen molar-refractivity contribution in [2.75, 3.05) is 54.1 Å². The van der Waals surface area contributed by atoms with Crippen LogP contribution in [0.15, 0.2) is 109 Å². The summed E-state index contributed by atoms with van der Waals surface area (Å²) in [5.41, 5.74) is 0. The summed E-state index contributed by atoms with van der Waals surface area (Å²) in [6.45, 7) is 5.19. The first-order valence-electron chi connectivity index (χ1n) is 25.6. The van der Waals surface area contributed by atoms with Crippen LogP contribution in [-0.4, -0.2) is 70.7 Å². The highest BCUT2D eigenvalue weighted by Crippen LogP contribution is 2.38. The maximum absolute atomic E-state index is 12.7. The molecule has 2 atom stereocenters. The van der Waals surface area contributed by atoms with E-state index in [2.05, 4.69) is 123 Å². The summed E-state index contributed by atoms with van der Waals surface area (Å²) in [5.74, 6) is -0.372. The van der Waals surface area contributed by atoms with Gasteiger partial charge in [0.1, 0.15) is 19.3 Å². The van der Waals surface area contributed by atoms with Gasteiger partial charge in [-0.25, -0.2) is 0 Å². The fourth-order valence-corrected chi connectivity index (χ4v) is 7.11. The molecule has 0 aromatic carbocycles. The Morgan fingerprint density at radius 1 is 0.492 bits per heavy atom. The molecule has 0 bridgehead atoms. The molecule has 8 nitrogen and oxygen atoms in total. The van der Waals surface area contributed by atoms with Crippen molar-refractivity contribution in [1.82, 2.24) is 0 Å². The molecule has 9 heteroatoms. The van der Waals surface area contributed by atoms with E-state index in [0.717, 1.165) is 83.5 Å². The third-order valence-electron chi connectivity index (χ3n) is 10.3. The monoisotopic (exact) mass is 926 g/mol. The normalized spacial score (nSPS) is 14.5. The highest BCUT2D eigenvalue weighted by molar-refractivity contribution is 7.45. The Balaban J connectivity index is 4.28. The predicted molar refractivity (Wildman–Crippen MR) is 277 cm³/mol. The molecule has 0 aliphatic heterocycles. The SMILES string of the molecule is CC/C=C\C/C=C\C/C=C\C/C=C\C/C=C\C/C=C\C/C=C\CCCCCC(=O)OC(COCCCCCCCCCC/C=C\C/C=C\CCCCC)COP(=O)([O-])OCC[N+](C)(C)C. The van der Waals surface area contributed by atoms with Crippen molar-refractivity contribution < 1.29 is 37.3 Å². The minimum absolute atomic E-state index is 0.0115. The average Bonchev–Trinajstić information content (AvgIpc) is 3.27. The minimum Gasteiger partial charge on any atom is -0.756 e. The third kappa shape index (κ3) is 52.0. The first kappa shape index (κ1) is 62.2. The summed E-state index contributed by atoms with van der Waals surface area (Å²) in [6, 6.07) is 0. The number of esters is 1. The molecule has 0 saturated carbocycles. The van der Waals surface area contributed by atoms with Crippen molar-refractivity contribution in [3.05, 3.63) is 109 Å². The van der Waals surface area contributed by atoms with Crippen molar-refractivity contribution in [2.45, 2.75) is 187 Å². The number of hydrogen-bond donors (Lipinski definition) is 0. The lowest BCUT2D eigenvalue weighted by Crippen LogP contribution is -2.37.